The summed E-state index contributed by atoms with van der Waals surface area (Å²) in [7, 11) is 0. The summed E-state index contributed by atoms with van der Waals surface area (Å²) in [5.41, 5.74) is 3.10. The van der Waals surface area contributed by atoms with Gasteiger partial charge in [0.05, 0.1) is 5.52 Å². The lowest BCUT2D eigenvalue weighted by molar-refractivity contribution is 0.196. The normalized spacial score (nSPS) is 18.3. The van der Waals surface area contributed by atoms with Crippen LogP contribution in [0.1, 0.15) is 30.1 Å². The summed E-state index contributed by atoms with van der Waals surface area (Å²) in [4.78, 5) is 11.8. The maximum Gasteiger partial charge on any atom is 0.166 e. The lowest BCUT2D eigenvalue weighted by Crippen LogP contribution is -2.34. The quantitative estimate of drug-likeness (QED) is 0.533. The van der Waals surface area contributed by atoms with Gasteiger partial charge in [-0.25, -0.2) is 14.5 Å². The van der Waals surface area contributed by atoms with E-state index in [2.05, 4.69) is 22.0 Å². The highest BCUT2D eigenvalue weighted by Crippen LogP contribution is 2.27. The zero-order valence-corrected chi connectivity index (χ0v) is 15.7. The average Bonchev–Trinajstić information content (AvgIpc) is 3.13. The van der Waals surface area contributed by atoms with E-state index < -0.39 is 0 Å². The molecule has 0 aliphatic carbocycles. The fraction of sp³-hybridized carbons (Fsp3) is 0.286. The Bertz CT molecular complexity index is 1110. The third kappa shape index (κ3) is 3.29. The first kappa shape index (κ1) is 16.7. The minimum Gasteiger partial charge on any atom is -0.298 e. The van der Waals surface area contributed by atoms with Crippen molar-refractivity contribution in [1.82, 2.24) is 24.5 Å². The Balaban J connectivity index is 1.41. The molecule has 1 aliphatic heterocycles. The zero-order valence-electron chi connectivity index (χ0n) is 14.9. The molecule has 0 radical (unpaired) electrons. The second-order valence-electron chi connectivity index (χ2n) is 7.20. The minimum absolute atomic E-state index is 0.344. The molecule has 5 nitrogen and oxygen atoms in total. The van der Waals surface area contributed by atoms with Crippen molar-refractivity contribution in [2.75, 3.05) is 13.1 Å². The van der Waals surface area contributed by atoms with Crippen LogP contribution in [0.15, 0.2) is 54.9 Å². The van der Waals surface area contributed by atoms with E-state index in [1.807, 2.05) is 40.9 Å². The summed E-state index contributed by atoms with van der Waals surface area (Å²) < 4.78 is 1.81. The van der Waals surface area contributed by atoms with E-state index in [-0.39, 0.29) is 0 Å². The fourth-order valence-corrected chi connectivity index (χ4v) is 4.19. The van der Waals surface area contributed by atoms with E-state index in [1.165, 1.54) is 5.56 Å². The van der Waals surface area contributed by atoms with Gasteiger partial charge in [0, 0.05) is 29.4 Å². The summed E-state index contributed by atoms with van der Waals surface area (Å²) in [6.45, 7) is 2.98. The van der Waals surface area contributed by atoms with Crippen LogP contribution in [0.4, 0.5) is 0 Å². The number of hydrogen-bond donors (Lipinski definition) is 0. The Morgan fingerprint density at radius 2 is 2.04 bits per heavy atom. The van der Waals surface area contributed by atoms with Crippen LogP contribution in [0.3, 0.4) is 0 Å². The smallest absolute Gasteiger partial charge is 0.166 e. The molecular formula is C21H20ClN5. The van der Waals surface area contributed by atoms with E-state index in [0.717, 1.165) is 59.9 Å². The van der Waals surface area contributed by atoms with Gasteiger partial charge in [0.15, 0.2) is 11.5 Å². The van der Waals surface area contributed by atoms with Crippen LogP contribution in [-0.2, 0) is 6.54 Å². The minimum atomic E-state index is 0.344. The number of halogens is 1. The van der Waals surface area contributed by atoms with Crippen molar-refractivity contribution in [2.45, 2.75) is 25.3 Å². The first-order chi connectivity index (χ1) is 13.3. The molecule has 4 aromatic rings. The number of hydrogen-bond acceptors (Lipinski definition) is 4. The fourth-order valence-electron chi connectivity index (χ4n) is 3.97. The number of piperidine rings is 1. The van der Waals surface area contributed by atoms with Gasteiger partial charge in [-0.15, -0.1) is 5.10 Å². The predicted octanol–water partition coefficient (Wildman–Crippen LogP) is 4.31. The molecule has 1 atom stereocenters. The van der Waals surface area contributed by atoms with Gasteiger partial charge in [0.1, 0.15) is 6.33 Å². The highest BCUT2D eigenvalue weighted by atomic mass is 35.5. The molecular weight excluding hydrogens is 358 g/mol. The van der Waals surface area contributed by atoms with Gasteiger partial charge in [-0.3, -0.25) is 4.90 Å². The van der Waals surface area contributed by atoms with Crippen LogP contribution in [0, 0.1) is 0 Å². The lowest BCUT2D eigenvalue weighted by atomic mass is 9.97. The van der Waals surface area contributed by atoms with Crippen LogP contribution in [-0.4, -0.2) is 37.6 Å². The first-order valence-electron chi connectivity index (χ1n) is 9.33. The molecule has 27 heavy (non-hydrogen) atoms. The maximum absolute atomic E-state index is 6.13. The summed E-state index contributed by atoms with van der Waals surface area (Å²) in [6.07, 6.45) is 4.04. The van der Waals surface area contributed by atoms with Gasteiger partial charge in [-0.1, -0.05) is 35.9 Å². The number of benzene rings is 2. The van der Waals surface area contributed by atoms with Crippen molar-refractivity contribution < 1.29 is 0 Å². The van der Waals surface area contributed by atoms with Crippen molar-refractivity contribution >= 4 is 28.2 Å². The molecule has 0 spiro atoms. The Kier molecular flexibility index (Phi) is 4.26. The van der Waals surface area contributed by atoms with Crippen molar-refractivity contribution in [1.29, 1.82) is 0 Å². The molecule has 2 aromatic heterocycles. The summed E-state index contributed by atoms with van der Waals surface area (Å²) in [5, 5.41) is 6.58. The summed E-state index contributed by atoms with van der Waals surface area (Å²) in [5.74, 6) is 1.26. The number of para-hydroxylation sites is 1. The van der Waals surface area contributed by atoms with Gasteiger partial charge in [0.25, 0.3) is 0 Å². The monoisotopic (exact) mass is 377 g/mol. The van der Waals surface area contributed by atoms with Crippen LogP contribution in [0.25, 0.3) is 16.6 Å². The van der Waals surface area contributed by atoms with Crippen molar-refractivity contribution in [3.8, 4) is 0 Å². The Hall–Kier alpha value is -2.50. The highest BCUT2D eigenvalue weighted by Gasteiger charge is 2.25. The average molecular weight is 378 g/mol. The van der Waals surface area contributed by atoms with Gasteiger partial charge in [-0.2, -0.15) is 0 Å². The molecule has 1 saturated heterocycles. The van der Waals surface area contributed by atoms with E-state index in [9.17, 15) is 0 Å². The standard InChI is InChI=1S/C21H20ClN5/c22-17-7-3-5-15(11-17)12-26-10-4-6-16(13-26)20-24-21-18-8-1-2-9-19(18)23-14-27(21)25-20/h1-3,5,7-9,11,14,16H,4,6,10,12-13H2/t16-/m0/s1. The van der Waals surface area contributed by atoms with Crippen LogP contribution in [0.2, 0.25) is 5.02 Å². The summed E-state index contributed by atoms with van der Waals surface area (Å²) >= 11 is 6.13. The van der Waals surface area contributed by atoms with Crippen LogP contribution >= 0.6 is 11.6 Å². The number of fused-ring (bicyclic) bond motifs is 3. The van der Waals surface area contributed by atoms with Gasteiger partial charge >= 0.3 is 0 Å². The van der Waals surface area contributed by atoms with Gasteiger partial charge in [-0.05, 0) is 49.2 Å². The molecule has 2 aromatic carbocycles. The molecule has 1 aliphatic rings. The number of rotatable bonds is 3. The van der Waals surface area contributed by atoms with Crippen molar-refractivity contribution in [2.24, 2.45) is 0 Å². The topological polar surface area (TPSA) is 46.3 Å². The molecule has 3 heterocycles. The molecule has 5 rings (SSSR count). The summed E-state index contributed by atoms with van der Waals surface area (Å²) in [6, 6.07) is 16.2. The van der Waals surface area contributed by atoms with Gasteiger partial charge < -0.3 is 0 Å². The number of likely N-dealkylation sites (tertiary alicyclic amines) is 1. The number of nitrogens with zero attached hydrogens (tertiary/aromatic N) is 5. The van der Waals surface area contributed by atoms with Crippen molar-refractivity contribution in [3.63, 3.8) is 0 Å². The number of aromatic nitrogens is 4. The molecule has 6 heteroatoms. The SMILES string of the molecule is Clc1cccc(CN2CCC[C@H](c3nc4c5ccccc5ncn4n3)C2)c1. The third-order valence-corrected chi connectivity index (χ3v) is 5.50. The first-order valence-corrected chi connectivity index (χ1v) is 9.71. The van der Waals surface area contributed by atoms with Crippen LogP contribution in [0.5, 0.6) is 0 Å². The third-order valence-electron chi connectivity index (χ3n) is 5.26. The van der Waals surface area contributed by atoms with Crippen molar-refractivity contribution in [3.05, 3.63) is 71.3 Å². The second-order valence-corrected chi connectivity index (χ2v) is 7.64. The van der Waals surface area contributed by atoms with E-state index in [1.54, 1.807) is 6.33 Å². The van der Waals surface area contributed by atoms with Crippen LogP contribution < -0.4 is 0 Å². The molecule has 0 unspecified atom stereocenters. The van der Waals surface area contributed by atoms with E-state index in [4.69, 9.17) is 21.7 Å². The molecule has 0 bridgehead atoms. The molecule has 136 valence electrons. The Morgan fingerprint density at radius 1 is 1.11 bits per heavy atom. The van der Waals surface area contributed by atoms with Gasteiger partial charge in [0.2, 0.25) is 0 Å². The second kappa shape index (κ2) is 6.91. The maximum atomic E-state index is 6.13. The Morgan fingerprint density at radius 3 is 2.96 bits per heavy atom. The zero-order chi connectivity index (χ0) is 18.2. The highest BCUT2D eigenvalue weighted by molar-refractivity contribution is 6.30. The lowest BCUT2D eigenvalue weighted by Gasteiger charge is -2.31. The molecule has 1 fully saturated rings. The Labute approximate surface area is 162 Å². The predicted molar refractivity (Wildman–Crippen MR) is 107 cm³/mol. The molecule has 0 amide bonds. The molecule has 0 N–H and O–H groups in total. The molecule has 0 saturated carbocycles. The largest absolute Gasteiger partial charge is 0.298 e. The van der Waals surface area contributed by atoms with E-state index >= 15 is 0 Å². The van der Waals surface area contributed by atoms with E-state index in [0.29, 0.717) is 5.92 Å².